The number of benzene rings is 2. The Hall–Kier alpha value is -1.43. The van der Waals surface area contributed by atoms with Crippen LogP contribution < -0.4 is 5.32 Å². The molecule has 1 N–H and O–H groups in total. The minimum Gasteiger partial charge on any atom is -0.311 e. The molecule has 0 aromatic heterocycles. The number of fused-ring (bicyclic) bond motifs is 3. The van der Waals surface area contributed by atoms with Crippen molar-refractivity contribution in [3.63, 3.8) is 0 Å². The fourth-order valence-corrected chi connectivity index (χ4v) is 5.00. The zero-order chi connectivity index (χ0) is 13.7. The summed E-state index contributed by atoms with van der Waals surface area (Å²) in [5.74, 6) is 0. The van der Waals surface area contributed by atoms with Gasteiger partial charge in [0.15, 0.2) is 0 Å². The lowest BCUT2D eigenvalue weighted by atomic mass is 10.1. The number of rotatable bonds is 2. The molecule has 0 spiro atoms. The van der Waals surface area contributed by atoms with E-state index in [1.165, 1.54) is 0 Å². The summed E-state index contributed by atoms with van der Waals surface area (Å²) >= 11 is 0. The highest BCUT2D eigenvalue weighted by molar-refractivity contribution is 7.89. The summed E-state index contributed by atoms with van der Waals surface area (Å²) in [7, 11) is -3.37. The molecule has 2 aliphatic rings. The maximum atomic E-state index is 12.8. The first kappa shape index (κ1) is 12.3. The lowest BCUT2D eigenvalue weighted by Crippen LogP contribution is -2.46. The molecule has 2 bridgehead atoms. The summed E-state index contributed by atoms with van der Waals surface area (Å²) in [5.41, 5.74) is 0. The minimum absolute atomic E-state index is 0.122. The van der Waals surface area contributed by atoms with Crippen molar-refractivity contribution in [2.45, 2.75) is 23.4 Å². The Morgan fingerprint density at radius 3 is 2.60 bits per heavy atom. The van der Waals surface area contributed by atoms with Gasteiger partial charge in [0.2, 0.25) is 10.0 Å². The molecule has 0 radical (unpaired) electrons. The minimum atomic E-state index is -3.37. The Bertz CT molecular complexity index is 772. The van der Waals surface area contributed by atoms with Gasteiger partial charge in [0.05, 0.1) is 4.90 Å². The van der Waals surface area contributed by atoms with E-state index in [2.05, 4.69) is 5.32 Å². The Morgan fingerprint density at radius 1 is 1.10 bits per heavy atom. The van der Waals surface area contributed by atoms with Crippen LogP contribution in [-0.4, -0.2) is 37.9 Å². The molecule has 2 aromatic carbocycles. The van der Waals surface area contributed by atoms with Crippen LogP contribution in [-0.2, 0) is 10.0 Å². The van der Waals surface area contributed by atoms with Crippen molar-refractivity contribution in [1.82, 2.24) is 9.62 Å². The molecule has 0 saturated carbocycles. The number of hydrogen-bond donors (Lipinski definition) is 1. The van der Waals surface area contributed by atoms with Crippen LogP contribution in [0.2, 0.25) is 0 Å². The second kappa shape index (κ2) is 4.28. The Kier molecular flexibility index (Phi) is 2.64. The number of piperazine rings is 1. The second-order valence-corrected chi connectivity index (χ2v) is 7.47. The highest BCUT2D eigenvalue weighted by atomic mass is 32.2. The van der Waals surface area contributed by atoms with Crippen molar-refractivity contribution in [2.75, 3.05) is 13.1 Å². The van der Waals surface area contributed by atoms with E-state index in [0.29, 0.717) is 17.5 Å². The number of hydrogen-bond acceptors (Lipinski definition) is 3. The van der Waals surface area contributed by atoms with E-state index in [9.17, 15) is 8.42 Å². The normalized spacial score (nSPS) is 26.4. The van der Waals surface area contributed by atoms with Crippen LogP contribution >= 0.6 is 0 Å². The monoisotopic (exact) mass is 288 g/mol. The van der Waals surface area contributed by atoms with Crippen molar-refractivity contribution >= 4 is 20.8 Å². The molecule has 5 heteroatoms. The Balaban J connectivity index is 1.77. The van der Waals surface area contributed by atoms with Gasteiger partial charge in [-0.25, -0.2) is 8.42 Å². The first-order valence-corrected chi connectivity index (χ1v) is 8.33. The highest BCUT2D eigenvalue weighted by Gasteiger charge is 2.44. The zero-order valence-corrected chi connectivity index (χ0v) is 11.8. The lowest BCUT2D eigenvalue weighted by Gasteiger charge is -2.26. The molecular weight excluding hydrogens is 272 g/mol. The fraction of sp³-hybridized carbons (Fsp3) is 0.333. The van der Waals surface area contributed by atoms with Crippen molar-refractivity contribution < 1.29 is 8.42 Å². The predicted octanol–water partition coefficient (Wildman–Crippen LogP) is 1.57. The molecule has 2 aliphatic heterocycles. The van der Waals surface area contributed by atoms with E-state index in [1.807, 2.05) is 30.3 Å². The van der Waals surface area contributed by atoms with Gasteiger partial charge in [-0.1, -0.05) is 30.3 Å². The van der Waals surface area contributed by atoms with Gasteiger partial charge in [-0.05, 0) is 29.3 Å². The van der Waals surface area contributed by atoms with Gasteiger partial charge in [0.1, 0.15) is 0 Å². The van der Waals surface area contributed by atoms with Crippen LogP contribution in [0.1, 0.15) is 6.42 Å². The topological polar surface area (TPSA) is 49.4 Å². The van der Waals surface area contributed by atoms with Gasteiger partial charge in [0.25, 0.3) is 0 Å². The zero-order valence-electron chi connectivity index (χ0n) is 11.0. The van der Waals surface area contributed by atoms with E-state index in [1.54, 1.807) is 16.4 Å². The van der Waals surface area contributed by atoms with Gasteiger partial charge < -0.3 is 5.32 Å². The van der Waals surface area contributed by atoms with Gasteiger partial charge in [-0.2, -0.15) is 4.31 Å². The number of nitrogens with zero attached hydrogens (tertiary/aromatic N) is 1. The average Bonchev–Trinajstić information content (AvgIpc) is 3.09. The first-order valence-electron chi connectivity index (χ1n) is 6.89. The third-order valence-electron chi connectivity index (χ3n) is 4.33. The summed E-state index contributed by atoms with van der Waals surface area (Å²) in [6, 6.07) is 13.7. The predicted molar refractivity (Wildman–Crippen MR) is 78.0 cm³/mol. The van der Waals surface area contributed by atoms with Crippen molar-refractivity contribution in [2.24, 2.45) is 0 Å². The largest absolute Gasteiger partial charge is 0.311 e. The molecule has 0 aliphatic carbocycles. The van der Waals surface area contributed by atoms with E-state index < -0.39 is 10.0 Å². The second-order valence-electron chi connectivity index (χ2n) is 5.58. The summed E-state index contributed by atoms with van der Waals surface area (Å²) in [6.45, 7) is 1.37. The molecule has 2 fully saturated rings. The summed E-state index contributed by atoms with van der Waals surface area (Å²) in [4.78, 5) is 0.406. The van der Waals surface area contributed by atoms with Crippen LogP contribution in [0.15, 0.2) is 47.4 Å². The third kappa shape index (κ3) is 1.78. The van der Waals surface area contributed by atoms with E-state index >= 15 is 0 Å². The van der Waals surface area contributed by atoms with Crippen LogP contribution in [0.4, 0.5) is 0 Å². The molecule has 2 aromatic rings. The quantitative estimate of drug-likeness (QED) is 0.912. The van der Waals surface area contributed by atoms with Crippen LogP contribution in [0.5, 0.6) is 0 Å². The van der Waals surface area contributed by atoms with Gasteiger partial charge in [0, 0.05) is 25.2 Å². The average molecular weight is 288 g/mol. The molecule has 0 amide bonds. The Labute approximate surface area is 118 Å². The summed E-state index contributed by atoms with van der Waals surface area (Å²) in [6.07, 6.45) is 0.937. The Morgan fingerprint density at radius 2 is 1.90 bits per heavy atom. The van der Waals surface area contributed by atoms with E-state index in [4.69, 9.17) is 0 Å². The van der Waals surface area contributed by atoms with Gasteiger partial charge >= 0.3 is 0 Å². The van der Waals surface area contributed by atoms with Crippen molar-refractivity contribution in [3.8, 4) is 0 Å². The van der Waals surface area contributed by atoms with Gasteiger partial charge in [-0.3, -0.25) is 0 Å². The van der Waals surface area contributed by atoms with E-state index in [-0.39, 0.29) is 6.04 Å². The fourth-order valence-electron chi connectivity index (χ4n) is 3.28. The van der Waals surface area contributed by atoms with Gasteiger partial charge in [-0.15, -0.1) is 0 Å². The van der Waals surface area contributed by atoms with E-state index in [0.717, 1.165) is 23.7 Å². The maximum absolute atomic E-state index is 12.8. The van der Waals surface area contributed by atoms with Crippen molar-refractivity contribution in [1.29, 1.82) is 0 Å². The standard InChI is InChI=1S/C15H16N2O2S/c18-20(19,17-10-13-8-14(17)9-16-13)15-6-5-11-3-1-2-4-12(11)7-15/h1-7,13-14,16H,8-10H2/t13-,14-/m0/s1. The highest BCUT2D eigenvalue weighted by Crippen LogP contribution is 2.30. The molecule has 0 unspecified atom stereocenters. The molecule has 2 saturated heterocycles. The van der Waals surface area contributed by atoms with Crippen LogP contribution in [0.25, 0.3) is 10.8 Å². The van der Waals surface area contributed by atoms with Crippen LogP contribution in [0, 0.1) is 0 Å². The summed E-state index contributed by atoms with van der Waals surface area (Å²) in [5, 5.41) is 5.37. The number of sulfonamides is 1. The molecule has 20 heavy (non-hydrogen) atoms. The first-order chi connectivity index (χ1) is 9.64. The maximum Gasteiger partial charge on any atom is 0.243 e. The molecule has 4 rings (SSSR count). The molecule has 2 atom stereocenters. The molecule has 4 nitrogen and oxygen atoms in total. The van der Waals surface area contributed by atoms with Crippen LogP contribution in [0.3, 0.4) is 0 Å². The molecule has 2 heterocycles. The number of nitrogens with one attached hydrogen (secondary N) is 1. The lowest BCUT2D eigenvalue weighted by molar-refractivity contribution is 0.349. The summed E-state index contributed by atoms with van der Waals surface area (Å²) < 4.78 is 27.2. The smallest absolute Gasteiger partial charge is 0.243 e. The third-order valence-corrected chi connectivity index (χ3v) is 6.25. The molecular formula is C15H16N2O2S. The van der Waals surface area contributed by atoms with Crippen molar-refractivity contribution in [3.05, 3.63) is 42.5 Å². The molecule has 104 valence electrons. The SMILES string of the molecule is O=S(=O)(c1ccc2ccccc2c1)N1C[C@@H]2C[C@H]1CN2.